The van der Waals surface area contributed by atoms with Crippen LogP contribution in [0.4, 0.5) is 10.7 Å². The Kier molecular flexibility index (Phi) is 4.43. The first-order valence-corrected chi connectivity index (χ1v) is 8.80. The summed E-state index contributed by atoms with van der Waals surface area (Å²) >= 11 is 0. The molecular weight excluding hydrogens is 330 g/mol. The second-order valence-corrected chi connectivity index (χ2v) is 6.54. The quantitative estimate of drug-likeness (QED) is 0.755. The number of carbonyl (C=O) groups is 1. The third kappa shape index (κ3) is 3.33. The maximum absolute atomic E-state index is 11.1. The van der Waals surface area contributed by atoms with Gasteiger partial charge in [-0.05, 0) is 30.5 Å². The van der Waals surface area contributed by atoms with Gasteiger partial charge < -0.3 is 15.3 Å². The molecule has 4 rings (SSSR count). The highest BCUT2D eigenvalue weighted by molar-refractivity contribution is 5.74. The van der Waals surface area contributed by atoms with E-state index in [0.29, 0.717) is 19.6 Å². The lowest BCUT2D eigenvalue weighted by atomic mass is 10.1. The number of hydrogen-bond donors (Lipinski definition) is 2. The maximum atomic E-state index is 11.1. The van der Waals surface area contributed by atoms with Crippen molar-refractivity contribution in [2.45, 2.75) is 25.4 Å². The number of anilines is 1. The van der Waals surface area contributed by atoms with Crippen LogP contribution in [-0.2, 0) is 6.54 Å². The van der Waals surface area contributed by atoms with Crippen LogP contribution in [0.25, 0.3) is 11.2 Å². The topological polar surface area (TPSA) is 83.3 Å². The standard InChI is InChI=1S/C19H21N5O2/c25-19(26)23-11-8-15(9-12-23)21-18-22-16-7-4-10-20-17(16)24(18)13-14-5-2-1-3-6-14/h1-7,10,15H,8-9,11-13H2,(H,21,22)(H,25,26). The Morgan fingerprint density at radius 1 is 1.15 bits per heavy atom. The average molecular weight is 351 g/mol. The largest absolute Gasteiger partial charge is 0.465 e. The normalized spacial score (nSPS) is 15.3. The van der Waals surface area contributed by atoms with Gasteiger partial charge in [-0.3, -0.25) is 4.57 Å². The van der Waals surface area contributed by atoms with Crippen LogP contribution in [0.2, 0.25) is 0 Å². The predicted octanol–water partition coefficient (Wildman–Crippen LogP) is 3.03. The number of rotatable bonds is 4. The Bertz CT molecular complexity index is 901. The first-order chi connectivity index (χ1) is 12.7. The van der Waals surface area contributed by atoms with Crippen LogP contribution in [0.5, 0.6) is 0 Å². The van der Waals surface area contributed by atoms with E-state index < -0.39 is 6.09 Å². The van der Waals surface area contributed by atoms with E-state index >= 15 is 0 Å². The molecule has 1 fully saturated rings. The summed E-state index contributed by atoms with van der Waals surface area (Å²) in [7, 11) is 0. The summed E-state index contributed by atoms with van der Waals surface area (Å²) in [5, 5.41) is 12.6. The molecule has 1 aliphatic heterocycles. The molecule has 1 aliphatic rings. The molecule has 1 saturated heterocycles. The number of nitrogens with zero attached hydrogens (tertiary/aromatic N) is 4. The summed E-state index contributed by atoms with van der Waals surface area (Å²) in [6, 6.07) is 14.3. The molecular formula is C19H21N5O2. The lowest BCUT2D eigenvalue weighted by Crippen LogP contribution is -2.42. The number of carboxylic acid groups (broad SMARTS) is 1. The molecule has 2 N–H and O–H groups in total. The van der Waals surface area contributed by atoms with Gasteiger partial charge >= 0.3 is 6.09 Å². The number of pyridine rings is 1. The van der Waals surface area contributed by atoms with Gasteiger partial charge in [0.1, 0.15) is 5.52 Å². The number of hydrogen-bond acceptors (Lipinski definition) is 4. The molecule has 1 amide bonds. The third-order valence-electron chi connectivity index (χ3n) is 4.79. The SMILES string of the molecule is O=C(O)N1CCC(Nc2nc3cccnc3n2Cc2ccccc2)CC1. The first kappa shape index (κ1) is 16.4. The van der Waals surface area contributed by atoms with Gasteiger partial charge in [0.05, 0.1) is 6.54 Å². The highest BCUT2D eigenvalue weighted by Crippen LogP contribution is 2.22. The van der Waals surface area contributed by atoms with Crippen molar-refractivity contribution in [1.82, 2.24) is 19.4 Å². The van der Waals surface area contributed by atoms with E-state index in [1.807, 2.05) is 30.3 Å². The summed E-state index contributed by atoms with van der Waals surface area (Å²) in [6.45, 7) is 1.78. The second-order valence-electron chi connectivity index (χ2n) is 6.54. The van der Waals surface area contributed by atoms with Gasteiger partial charge in [-0.15, -0.1) is 0 Å². The highest BCUT2D eigenvalue weighted by Gasteiger charge is 2.24. The Hall–Kier alpha value is -3.09. The molecule has 0 aliphatic carbocycles. The monoisotopic (exact) mass is 351 g/mol. The van der Waals surface area contributed by atoms with Gasteiger partial charge in [0.25, 0.3) is 0 Å². The molecule has 0 unspecified atom stereocenters. The highest BCUT2D eigenvalue weighted by atomic mass is 16.4. The van der Waals surface area contributed by atoms with E-state index in [9.17, 15) is 4.79 Å². The fraction of sp³-hybridized carbons (Fsp3) is 0.316. The van der Waals surface area contributed by atoms with E-state index in [0.717, 1.165) is 30.0 Å². The molecule has 2 aromatic heterocycles. The van der Waals surface area contributed by atoms with Crippen LogP contribution in [0.1, 0.15) is 18.4 Å². The van der Waals surface area contributed by atoms with Gasteiger partial charge in [-0.25, -0.2) is 14.8 Å². The number of amides is 1. The van der Waals surface area contributed by atoms with Crippen LogP contribution in [0.15, 0.2) is 48.7 Å². The van der Waals surface area contributed by atoms with Crippen molar-refractivity contribution in [2.75, 3.05) is 18.4 Å². The molecule has 0 spiro atoms. The summed E-state index contributed by atoms with van der Waals surface area (Å²) in [5.41, 5.74) is 2.89. The molecule has 26 heavy (non-hydrogen) atoms. The summed E-state index contributed by atoms with van der Waals surface area (Å²) in [4.78, 5) is 21.8. The first-order valence-electron chi connectivity index (χ1n) is 8.80. The molecule has 3 heterocycles. The Balaban J connectivity index is 1.58. The summed E-state index contributed by atoms with van der Waals surface area (Å²) in [6.07, 6.45) is 2.48. The Morgan fingerprint density at radius 3 is 2.65 bits per heavy atom. The van der Waals surface area contributed by atoms with E-state index in [4.69, 9.17) is 10.1 Å². The molecule has 0 radical (unpaired) electrons. The fourth-order valence-electron chi connectivity index (χ4n) is 3.38. The zero-order valence-corrected chi connectivity index (χ0v) is 14.4. The minimum Gasteiger partial charge on any atom is -0.465 e. The molecule has 1 aromatic carbocycles. The summed E-state index contributed by atoms with van der Waals surface area (Å²) in [5.74, 6) is 0.788. The maximum Gasteiger partial charge on any atom is 0.407 e. The number of aromatic nitrogens is 3. The number of fused-ring (bicyclic) bond motifs is 1. The number of benzene rings is 1. The van der Waals surface area contributed by atoms with Crippen molar-refractivity contribution in [3.05, 3.63) is 54.2 Å². The minimum atomic E-state index is -0.844. The number of piperidine rings is 1. The Morgan fingerprint density at radius 2 is 1.92 bits per heavy atom. The molecule has 0 bridgehead atoms. The van der Waals surface area contributed by atoms with Crippen molar-refractivity contribution < 1.29 is 9.90 Å². The van der Waals surface area contributed by atoms with E-state index in [2.05, 4.69) is 27.0 Å². The van der Waals surface area contributed by atoms with Gasteiger partial charge in [0.2, 0.25) is 5.95 Å². The second kappa shape index (κ2) is 7.03. The van der Waals surface area contributed by atoms with Gasteiger partial charge in [-0.2, -0.15) is 0 Å². The number of imidazole rings is 1. The van der Waals surface area contributed by atoms with Gasteiger partial charge in [0.15, 0.2) is 5.65 Å². The lowest BCUT2D eigenvalue weighted by Gasteiger charge is -2.30. The molecule has 0 atom stereocenters. The number of nitrogens with one attached hydrogen (secondary N) is 1. The molecule has 3 aromatic rings. The Labute approximate surface area is 151 Å². The van der Waals surface area contributed by atoms with E-state index in [1.165, 1.54) is 10.5 Å². The molecule has 134 valence electrons. The zero-order valence-electron chi connectivity index (χ0n) is 14.4. The average Bonchev–Trinajstić information content (AvgIpc) is 3.00. The van der Waals surface area contributed by atoms with Crippen molar-refractivity contribution in [2.24, 2.45) is 0 Å². The van der Waals surface area contributed by atoms with Crippen LogP contribution >= 0.6 is 0 Å². The summed E-state index contributed by atoms with van der Waals surface area (Å²) < 4.78 is 2.09. The van der Waals surface area contributed by atoms with E-state index in [1.54, 1.807) is 6.20 Å². The van der Waals surface area contributed by atoms with Crippen molar-refractivity contribution in [1.29, 1.82) is 0 Å². The van der Waals surface area contributed by atoms with Crippen LogP contribution in [-0.4, -0.2) is 49.8 Å². The van der Waals surface area contributed by atoms with Crippen molar-refractivity contribution in [3.63, 3.8) is 0 Å². The zero-order chi connectivity index (χ0) is 17.9. The smallest absolute Gasteiger partial charge is 0.407 e. The molecule has 0 saturated carbocycles. The van der Waals surface area contributed by atoms with Crippen LogP contribution in [0, 0.1) is 0 Å². The minimum absolute atomic E-state index is 0.205. The fourth-order valence-corrected chi connectivity index (χ4v) is 3.38. The third-order valence-corrected chi connectivity index (χ3v) is 4.79. The molecule has 7 heteroatoms. The van der Waals surface area contributed by atoms with E-state index in [-0.39, 0.29) is 6.04 Å². The van der Waals surface area contributed by atoms with Gasteiger partial charge in [-0.1, -0.05) is 30.3 Å². The lowest BCUT2D eigenvalue weighted by molar-refractivity contribution is 0.133. The van der Waals surface area contributed by atoms with Gasteiger partial charge in [0, 0.05) is 25.3 Å². The van der Waals surface area contributed by atoms with Crippen molar-refractivity contribution in [3.8, 4) is 0 Å². The number of likely N-dealkylation sites (tertiary alicyclic amines) is 1. The predicted molar refractivity (Wildman–Crippen MR) is 99.3 cm³/mol. The van der Waals surface area contributed by atoms with Crippen molar-refractivity contribution >= 4 is 23.2 Å². The molecule has 7 nitrogen and oxygen atoms in total. The van der Waals surface area contributed by atoms with Crippen LogP contribution < -0.4 is 5.32 Å². The van der Waals surface area contributed by atoms with Crippen LogP contribution in [0.3, 0.4) is 0 Å².